The summed E-state index contributed by atoms with van der Waals surface area (Å²) in [5.41, 5.74) is 6.40. The van der Waals surface area contributed by atoms with Crippen LogP contribution in [0.15, 0.2) is 42.7 Å². The average Bonchev–Trinajstić information content (AvgIpc) is 3.33. The number of aryl methyl sites for hydroxylation is 1. The van der Waals surface area contributed by atoms with Crippen molar-refractivity contribution >= 4 is 27.5 Å². The minimum Gasteiger partial charge on any atom is -0.369 e. The van der Waals surface area contributed by atoms with E-state index in [2.05, 4.69) is 97.3 Å². The second-order valence-corrected chi connectivity index (χ2v) is 10.3. The number of aromatic nitrogens is 4. The topological polar surface area (TPSA) is 60.6 Å². The van der Waals surface area contributed by atoms with Gasteiger partial charge in [-0.2, -0.15) is 10.2 Å². The van der Waals surface area contributed by atoms with E-state index in [4.69, 9.17) is 0 Å². The van der Waals surface area contributed by atoms with Crippen molar-refractivity contribution in [3.8, 4) is 0 Å². The van der Waals surface area contributed by atoms with Crippen molar-refractivity contribution < 1.29 is 0 Å². The number of nitrogens with zero attached hydrogens (tertiary/aromatic N) is 3. The lowest BCUT2D eigenvalue weighted by molar-refractivity contribution is 0.378. The lowest BCUT2D eigenvalue weighted by Crippen LogP contribution is -2.43. The van der Waals surface area contributed by atoms with Crippen LogP contribution in [0.5, 0.6) is 0 Å². The van der Waals surface area contributed by atoms with Crippen molar-refractivity contribution in [2.45, 2.75) is 59.4 Å². The van der Waals surface area contributed by atoms with Crippen LogP contribution >= 0.6 is 0 Å². The van der Waals surface area contributed by atoms with Crippen LogP contribution in [0.2, 0.25) is 0 Å². The molecular weight excluding hydrogens is 370 g/mol. The molecule has 0 saturated heterocycles. The van der Waals surface area contributed by atoms with Gasteiger partial charge >= 0.3 is 0 Å². The van der Waals surface area contributed by atoms with E-state index in [1.165, 1.54) is 28.6 Å². The molecule has 4 aromatic rings. The Balaban J connectivity index is 1.63. The predicted octanol–water partition coefficient (Wildman–Crippen LogP) is 5.88. The zero-order valence-electron chi connectivity index (χ0n) is 19.0. The summed E-state index contributed by atoms with van der Waals surface area (Å²) in [7, 11) is 2.18. The molecule has 0 bridgehead atoms. The van der Waals surface area contributed by atoms with Gasteiger partial charge in [-0.05, 0) is 73.9 Å². The van der Waals surface area contributed by atoms with Gasteiger partial charge < -0.3 is 4.90 Å². The molecule has 2 N–H and O–H groups in total. The number of likely N-dealkylation sites (N-methyl/N-ethyl adjacent to an activating group) is 1. The first-order chi connectivity index (χ1) is 14.1. The van der Waals surface area contributed by atoms with Gasteiger partial charge in [-0.25, -0.2) is 0 Å². The molecule has 0 radical (unpaired) electrons. The van der Waals surface area contributed by atoms with Crippen LogP contribution in [0.4, 0.5) is 5.69 Å². The Morgan fingerprint density at radius 2 is 1.63 bits per heavy atom. The molecule has 30 heavy (non-hydrogen) atoms. The molecule has 0 aliphatic heterocycles. The van der Waals surface area contributed by atoms with Crippen molar-refractivity contribution in [1.29, 1.82) is 0 Å². The summed E-state index contributed by atoms with van der Waals surface area (Å²) in [6.45, 7) is 11.5. The largest absolute Gasteiger partial charge is 0.369 e. The molecule has 5 heteroatoms. The normalized spacial score (nSPS) is 12.7. The van der Waals surface area contributed by atoms with Crippen LogP contribution in [-0.2, 0) is 12.8 Å². The van der Waals surface area contributed by atoms with Crippen molar-refractivity contribution in [2.75, 3.05) is 11.9 Å². The molecular formula is C25H33N5. The van der Waals surface area contributed by atoms with E-state index in [9.17, 15) is 0 Å². The molecule has 0 spiro atoms. The maximum absolute atomic E-state index is 4.32. The molecule has 0 aliphatic rings. The van der Waals surface area contributed by atoms with Gasteiger partial charge in [0.1, 0.15) is 0 Å². The Morgan fingerprint density at radius 1 is 0.900 bits per heavy atom. The van der Waals surface area contributed by atoms with E-state index in [0.29, 0.717) is 5.41 Å². The standard InChI is InChI=1S/C25H33N5/c1-24(2,3)10-9-17-11-18(23-20(12-17)16-27-29-23)14-25(4,5)30(6)21-7-8-22-19(13-21)15-26-28-22/h7-8,11-13,15-16H,9-10,14H2,1-6H3,(H,26,28)(H,27,29). The minimum absolute atomic E-state index is 0.0713. The maximum Gasteiger partial charge on any atom is 0.0683 e. The number of hydrogen-bond acceptors (Lipinski definition) is 3. The molecule has 2 heterocycles. The maximum atomic E-state index is 4.32. The smallest absolute Gasteiger partial charge is 0.0683 e. The fraction of sp³-hybridized carbons (Fsp3) is 0.440. The van der Waals surface area contributed by atoms with Gasteiger partial charge in [0.2, 0.25) is 0 Å². The molecule has 0 unspecified atom stereocenters. The first-order valence-electron chi connectivity index (χ1n) is 10.7. The number of H-pyrrole nitrogens is 2. The zero-order chi connectivity index (χ0) is 21.5. The van der Waals surface area contributed by atoms with E-state index in [1.54, 1.807) is 0 Å². The summed E-state index contributed by atoms with van der Waals surface area (Å²) < 4.78 is 0. The quantitative estimate of drug-likeness (QED) is 0.423. The van der Waals surface area contributed by atoms with Crippen molar-refractivity contribution in [3.05, 3.63) is 53.9 Å². The summed E-state index contributed by atoms with van der Waals surface area (Å²) in [6.07, 6.45) is 7.01. The van der Waals surface area contributed by atoms with Gasteiger partial charge in [-0.3, -0.25) is 10.2 Å². The second kappa shape index (κ2) is 7.46. The fourth-order valence-corrected chi connectivity index (χ4v) is 4.08. The molecule has 5 nitrogen and oxygen atoms in total. The van der Waals surface area contributed by atoms with E-state index in [0.717, 1.165) is 29.3 Å². The first-order valence-corrected chi connectivity index (χ1v) is 10.7. The molecule has 0 aliphatic carbocycles. The summed E-state index contributed by atoms with van der Waals surface area (Å²) in [6, 6.07) is 11.1. The molecule has 0 saturated carbocycles. The Morgan fingerprint density at radius 3 is 2.40 bits per heavy atom. The molecule has 4 rings (SSSR count). The SMILES string of the molecule is CN(c1ccc2[nH]ncc2c1)C(C)(C)Cc1cc(CCC(C)(C)C)cc2cn[nH]c12. The van der Waals surface area contributed by atoms with Gasteiger partial charge in [-0.15, -0.1) is 0 Å². The highest BCUT2D eigenvalue weighted by molar-refractivity contribution is 5.83. The highest BCUT2D eigenvalue weighted by Crippen LogP contribution is 2.31. The van der Waals surface area contributed by atoms with Crippen molar-refractivity contribution in [2.24, 2.45) is 5.41 Å². The number of hydrogen-bond donors (Lipinski definition) is 2. The third kappa shape index (κ3) is 4.20. The van der Waals surface area contributed by atoms with Gasteiger partial charge in [-0.1, -0.05) is 26.8 Å². The van der Waals surface area contributed by atoms with Crippen LogP contribution in [-0.4, -0.2) is 33.0 Å². The number of aromatic amines is 2. The monoisotopic (exact) mass is 403 g/mol. The Hall–Kier alpha value is -2.82. The number of rotatable bonds is 6. The third-order valence-electron chi connectivity index (χ3n) is 6.20. The van der Waals surface area contributed by atoms with Crippen LogP contribution in [0, 0.1) is 5.41 Å². The van der Waals surface area contributed by atoms with Gasteiger partial charge in [0.15, 0.2) is 0 Å². The number of anilines is 1. The summed E-state index contributed by atoms with van der Waals surface area (Å²) in [5.74, 6) is 0. The summed E-state index contributed by atoms with van der Waals surface area (Å²) in [5, 5.41) is 17.1. The molecule has 158 valence electrons. The summed E-state index contributed by atoms with van der Waals surface area (Å²) in [4.78, 5) is 2.36. The fourth-order valence-electron chi connectivity index (χ4n) is 4.08. The minimum atomic E-state index is -0.0713. The van der Waals surface area contributed by atoms with Crippen molar-refractivity contribution in [1.82, 2.24) is 20.4 Å². The molecule has 0 fully saturated rings. The Bertz CT molecular complexity index is 1160. The molecule has 2 aromatic heterocycles. The van der Waals surface area contributed by atoms with Crippen LogP contribution in [0.25, 0.3) is 21.8 Å². The van der Waals surface area contributed by atoms with E-state index in [1.807, 2.05) is 12.4 Å². The highest BCUT2D eigenvalue weighted by atomic mass is 15.2. The molecule has 0 atom stereocenters. The second-order valence-electron chi connectivity index (χ2n) is 10.3. The number of benzene rings is 2. The Kier molecular flexibility index (Phi) is 5.08. The van der Waals surface area contributed by atoms with E-state index >= 15 is 0 Å². The number of fused-ring (bicyclic) bond motifs is 2. The Labute approximate surface area is 178 Å². The zero-order valence-corrected chi connectivity index (χ0v) is 19.0. The average molecular weight is 404 g/mol. The van der Waals surface area contributed by atoms with Gasteiger partial charge in [0, 0.05) is 29.0 Å². The lowest BCUT2D eigenvalue weighted by Gasteiger charge is -2.38. The third-order valence-corrected chi connectivity index (χ3v) is 6.20. The highest BCUT2D eigenvalue weighted by Gasteiger charge is 2.26. The van der Waals surface area contributed by atoms with Gasteiger partial charge in [0.25, 0.3) is 0 Å². The van der Waals surface area contributed by atoms with Crippen LogP contribution in [0.3, 0.4) is 0 Å². The first kappa shape index (κ1) is 20.5. The lowest BCUT2D eigenvalue weighted by atomic mass is 9.86. The predicted molar refractivity (Wildman–Crippen MR) is 126 cm³/mol. The van der Waals surface area contributed by atoms with E-state index in [-0.39, 0.29) is 5.54 Å². The van der Waals surface area contributed by atoms with Crippen LogP contribution < -0.4 is 4.90 Å². The molecule has 2 aromatic carbocycles. The van der Waals surface area contributed by atoms with E-state index < -0.39 is 0 Å². The summed E-state index contributed by atoms with van der Waals surface area (Å²) >= 11 is 0. The number of nitrogens with one attached hydrogen (secondary N) is 2. The molecule has 0 amide bonds. The van der Waals surface area contributed by atoms with Crippen molar-refractivity contribution in [3.63, 3.8) is 0 Å². The van der Waals surface area contributed by atoms with Gasteiger partial charge in [0.05, 0.1) is 23.4 Å². The van der Waals surface area contributed by atoms with Crippen LogP contribution in [0.1, 0.15) is 52.2 Å².